The van der Waals surface area contributed by atoms with Gasteiger partial charge in [-0.2, -0.15) is 5.26 Å². The highest BCUT2D eigenvalue weighted by molar-refractivity contribution is 7.89. The summed E-state index contributed by atoms with van der Waals surface area (Å²) in [5, 5.41) is 8.78. The van der Waals surface area contributed by atoms with Gasteiger partial charge in [-0.3, -0.25) is 0 Å². The van der Waals surface area contributed by atoms with Crippen molar-refractivity contribution in [2.24, 2.45) is 0 Å². The van der Waals surface area contributed by atoms with Crippen LogP contribution in [-0.2, 0) is 20.0 Å². The lowest BCUT2D eigenvalue weighted by Gasteiger charge is -2.09. The molecule has 20 heavy (non-hydrogen) atoms. The minimum atomic E-state index is -3.78. The Hall–Kier alpha value is -1.47. The van der Waals surface area contributed by atoms with Crippen LogP contribution in [0.2, 0.25) is 0 Å². The van der Waals surface area contributed by atoms with E-state index in [4.69, 9.17) is 5.26 Å². The van der Waals surface area contributed by atoms with Crippen LogP contribution in [0.25, 0.3) is 0 Å². The molecule has 0 bridgehead atoms. The molecule has 7 nitrogen and oxygen atoms in total. The Kier molecular flexibility index (Phi) is 5.24. The van der Waals surface area contributed by atoms with Crippen LogP contribution in [0, 0.1) is 18.3 Å². The number of sulfonamides is 2. The van der Waals surface area contributed by atoms with Crippen LogP contribution in [0.1, 0.15) is 11.1 Å². The summed E-state index contributed by atoms with van der Waals surface area (Å²) in [7, 11) is -7.13. The van der Waals surface area contributed by atoms with Gasteiger partial charge in [0.1, 0.15) is 0 Å². The first-order valence-electron chi connectivity index (χ1n) is 5.61. The summed E-state index contributed by atoms with van der Waals surface area (Å²) in [4.78, 5) is 0.0101. The summed E-state index contributed by atoms with van der Waals surface area (Å²) in [6, 6.07) is 6.22. The molecule has 1 aromatic carbocycles. The van der Waals surface area contributed by atoms with E-state index in [9.17, 15) is 16.8 Å². The lowest BCUT2D eigenvalue weighted by molar-refractivity contribution is 0.573. The van der Waals surface area contributed by atoms with Crippen molar-refractivity contribution in [3.8, 4) is 6.07 Å². The van der Waals surface area contributed by atoms with Crippen LogP contribution in [0.5, 0.6) is 0 Å². The van der Waals surface area contributed by atoms with Crippen molar-refractivity contribution in [1.29, 1.82) is 5.26 Å². The molecule has 1 aromatic rings. The lowest BCUT2D eigenvalue weighted by Crippen LogP contribution is -2.34. The third-order valence-corrected chi connectivity index (χ3v) is 4.72. The second kappa shape index (κ2) is 6.32. The van der Waals surface area contributed by atoms with Crippen LogP contribution in [0.15, 0.2) is 23.1 Å². The van der Waals surface area contributed by atoms with Crippen molar-refractivity contribution < 1.29 is 16.8 Å². The van der Waals surface area contributed by atoms with E-state index in [0.717, 1.165) is 6.26 Å². The number of hydrogen-bond acceptors (Lipinski definition) is 5. The van der Waals surface area contributed by atoms with Gasteiger partial charge in [0.2, 0.25) is 20.0 Å². The van der Waals surface area contributed by atoms with Gasteiger partial charge < -0.3 is 0 Å². The fourth-order valence-corrected chi connectivity index (χ4v) is 3.23. The molecule has 110 valence electrons. The Morgan fingerprint density at radius 1 is 1.15 bits per heavy atom. The van der Waals surface area contributed by atoms with Crippen molar-refractivity contribution in [2.45, 2.75) is 11.8 Å². The van der Waals surface area contributed by atoms with E-state index in [2.05, 4.69) is 9.44 Å². The Balaban J connectivity index is 2.82. The predicted octanol–water partition coefficient (Wildman–Crippen LogP) is -0.306. The molecular weight excluding hydrogens is 302 g/mol. The molecule has 9 heteroatoms. The first-order valence-corrected chi connectivity index (χ1v) is 8.98. The summed E-state index contributed by atoms with van der Waals surface area (Å²) in [5.74, 6) is 0. The molecule has 0 aliphatic carbocycles. The van der Waals surface area contributed by atoms with Crippen LogP contribution in [0.4, 0.5) is 0 Å². The van der Waals surface area contributed by atoms with E-state index in [1.54, 1.807) is 13.0 Å². The van der Waals surface area contributed by atoms with E-state index >= 15 is 0 Å². The fourth-order valence-electron chi connectivity index (χ4n) is 1.46. The predicted molar refractivity (Wildman–Crippen MR) is 73.9 cm³/mol. The van der Waals surface area contributed by atoms with Gasteiger partial charge in [0.25, 0.3) is 0 Å². The average molecular weight is 317 g/mol. The number of benzene rings is 1. The van der Waals surface area contributed by atoms with Gasteiger partial charge >= 0.3 is 0 Å². The van der Waals surface area contributed by atoms with Crippen molar-refractivity contribution in [2.75, 3.05) is 19.3 Å². The second-order valence-electron chi connectivity index (χ2n) is 4.16. The van der Waals surface area contributed by atoms with Crippen molar-refractivity contribution in [3.63, 3.8) is 0 Å². The number of nitrogens with one attached hydrogen (secondary N) is 2. The van der Waals surface area contributed by atoms with E-state index < -0.39 is 20.0 Å². The van der Waals surface area contributed by atoms with E-state index in [-0.39, 0.29) is 23.5 Å². The zero-order valence-corrected chi connectivity index (χ0v) is 12.7. The zero-order valence-electron chi connectivity index (χ0n) is 11.0. The Morgan fingerprint density at radius 3 is 2.30 bits per heavy atom. The third kappa shape index (κ3) is 4.90. The monoisotopic (exact) mass is 317 g/mol. The molecule has 0 saturated carbocycles. The summed E-state index contributed by atoms with van der Waals surface area (Å²) < 4.78 is 50.2. The second-order valence-corrected chi connectivity index (χ2v) is 7.72. The van der Waals surface area contributed by atoms with Crippen molar-refractivity contribution in [1.82, 2.24) is 9.44 Å². The molecule has 0 saturated heterocycles. The molecular formula is C11H15N3O4S2. The van der Waals surface area contributed by atoms with Gasteiger partial charge in [0.05, 0.1) is 22.8 Å². The molecule has 0 aromatic heterocycles. The van der Waals surface area contributed by atoms with E-state index in [1.807, 2.05) is 6.07 Å². The van der Waals surface area contributed by atoms with Crippen molar-refractivity contribution in [3.05, 3.63) is 29.3 Å². The zero-order chi connectivity index (χ0) is 15.4. The van der Waals surface area contributed by atoms with Crippen LogP contribution < -0.4 is 9.44 Å². The van der Waals surface area contributed by atoms with Gasteiger partial charge in [-0.15, -0.1) is 0 Å². The molecule has 0 aliphatic rings. The quantitative estimate of drug-likeness (QED) is 0.698. The third-order valence-electron chi connectivity index (χ3n) is 2.39. The smallest absolute Gasteiger partial charge is 0.214 e. The molecule has 2 N–H and O–H groups in total. The topological polar surface area (TPSA) is 116 Å². The fraction of sp³-hybridized carbons (Fsp3) is 0.364. The SMILES string of the molecule is Cc1ccc(C#N)cc1S(=O)(=O)NCCNS(C)(=O)=O. The number of aryl methyl sites for hydroxylation is 1. The highest BCUT2D eigenvalue weighted by atomic mass is 32.2. The minimum absolute atomic E-state index is 0.0101. The standard InChI is InChI=1S/C11H15N3O4S2/c1-9-3-4-10(8-12)7-11(9)20(17,18)14-6-5-13-19(2,15)16/h3-4,7,13-14H,5-6H2,1-2H3. The Morgan fingerprint density at radius 2 is 1.75 bits per heavy atom. The highest BCUT2D eigenvalue weighted by Gasteiger charge is 2.17. The molecule has 0 spiro atoms. The minimum Gasteiger partial charge on any atom is -0.214 e. The number of hydrogen-bond donors (Lipinski definition) is 2. The summed E-state index contributed by atoms with van der Waals surface area (Å²) in [5.41, 5.74) is 0.748. The van der Waals surface area contributed by atoms with Crippen LogP contribution in [-0.4, -0.2) is 36.2 Å². The maximum Gasteiger partial charge on any atom is 0.240 e. The number of nitrogens with zero attached hydrogens (tertiary/aromatic N) is 1. The van der Waals surface area contributed by atoms with Gasteiger partial charge in [0.15, 0.2) is 0 Å². The summed E-state index contributed by atoms with van der Waals surface area (Å²) in [6.07, 6.45) is 0.988. The van der Waals surface area contributed by atoms with Gasteiger partial charge in [-0.05, 0) is 24.6 Å². The molecule has 0 amide bonds. The molecule has 0 heterocycles. The summed E-state index contributed by atoms with van der Waals surface area (Å²) in [6.45, 7) is 1.49. The van der Waals surface area contributed by atoms with Crippen molar-refractivity contribution >= 4 is 20.0 Å². The number of nitriles is 1. The number of rotatable bonds is 6. The Labute approximate surface area is 118 Å². The maximum absolute atomic E-state index is 12.0. The van der Waals surface area contributed by atoms with E-state index in [1.165, 1.54) is 12.1 Å². The molecule has 0 aliphatic heterocycles. The lowest BCUT2D eigenvalue weighted by atomic mass is 10.2. The molecule has 0 fully saturated rings. The molecule has 0 unspecified atom stereocenters. The van der Waals surface area contributed by atoms with Gasteiger partial charge in [-0.1, -0.05) is 6.07 Å². The summed E-state index contributed by atoms with van der Waals surface area (Å²) >= 11 is 0. The van der Waals surface area contributed by atoms with Gasteiger partial charge in [-0.25, -0.2) is 26.3 Å². The molecule has 0 radical (unpaired) electrons. The van der Waals surface area contributed by atoms with Gasteiger partial charge in [0, 0.05) is 13.1 Å². The first-order chi connectivity index (χ1) is 9.15. The maximum atomic E-state index is 12.0. The average Bonchev–Trinajstić information content (AvgIpc) is 2.34. The van der Waals surface area contributed by atoms with E-state index in [0.29, 0.717) is 5.56 Å². The first kappa shape index (κ1) is 16.6. The molecule has 0 atom stereocenters. The normalized spacial score (nSPS) is 12.1. The van der Waals surface area contributed by atoms with Crippen LogP contribution >= 0.6 is 0 Å². The highest BCUT2D eigenvalue weighted by Crippen LogP contribution is 2.16. The Bertz CT molecular complexity index is 733. The molecule has 1 rings (SSSR count). The van der Waals surface area contributed by atoms with Crippen LogP contribution in [0.3, 0.4) is 0 Å². The largest absolute Gasteiger partial charge is 0.240 e.